The number of aromatic hydroxyl groups is 1. The minimum absolute atomic E-state index is 0.124. The average Bonchev–Trinajstić information content (AvgIpc) is 3.05. The lowest BCUT2D eigenvalue weighted by Crippen LogP contribution is -2.21. The second kappa shape index (κ2) is 8.62. The maximum Gasteiger partial charge on any atom is 0.353 e. The molecular formula is C24H20N4O3. The zero-order valence-corrected chi connectivity index (χ0v) is 16.8. The van der Waals surface area contributed by atoms with Gasteiger partial charge in [0, 0.05) is 11.1 Å². The van der Waals surface area contributed by atoms with Crippen molar-refractivity contribution in [2.24, 2.45) is 10.2 Å². The van der Waals surface area contributed by atoms with Crippen LogP contribution in [0.25, 0.3) is 10.9 Å². The number of aromatic nitrogens is 1. The molecule has 0 aliphatic carbocycles. The van der Waals surface area contributed by atoms with Gasteiger partial charge in [0.25, 0.3) is 0 Å². The topological polar surface area (TPSA) is 96.1 Å². The number of benzene rings is 3. The van der Waals surface area contributed by atoms with E-state index in [0.717, 1.165) is 16.6 Å². The number of fused-ring (bicyclic) bond motifs is 1. The molecule has 0 atom stereocenters. The first-order valence-corrected chi connectivity index (χ1v) is 9.71. The van der Waals surface area contributed by atoms with Crippen LogP contribution in [0.3, 0.4) is 0 Å². The smallest absolute Gasteiger partial charge is 0.353 e. The first kappa shape index (κ1) is 20.0. The van der Waals surface area contributed by atoms with Gasteiger partial charge in [-0.05, 0) is 30.2 Å². The number of amides is 2. The normalized spacial score (nSPS) is 11.1. The molecule has 1 aromatic heterocycles. The Morgan fingerprint density at radius 2 is 1.61 bits per heavy atom. The molecular weight excluding hydrogens is 392 g/mol. The number of carbonyl (C=O) groups excluding carboxylic acids is 2. The summed E-state index contributed by atoms with van der Waals surface area (Å²) in [6, 6.07) is 24.1. The summed E-state index contributed by atoms with van der Waals surface area (Å²) >= 11 is 0. The van der Waals surface area contributed by atoms with Gasteiger partial charge in [0.05, 0.1) is 12.1 Å². The lowest BCUT2D eigenvalue weighted by Gasteiger charge is -2.07. The summed E-state index contributed by atoms with van der Waals surface area (Å²) in [5.41, 5.74) is 3.23. The highest BCUT2D eigenvalue weighted by Gasteiger charge is 2.19. The van der Waals surface area contributed by atoms with Crippen LogP contribution in [0.15, 0.2) is 89.1 Å². The maximum atomic E-state index is 12.2. The van der Waals surface area contributed by atoms with Gasteiger partial charge in [0.2, 0.25) is 5.88 Å². The van der Waals surface area contributed by atoms with E-state index in [9.17, 15) is 14.7 Å². The SMILES string of the molecule is Cc1ccccc1NC(=O)C(=O)N=Nc1c(O)n(Cc2ccccc2)c2ccccc12. The van der Waals surface area contributed by atoms with Crippen molar-refractivity contribution in [2.45, 2.75) is 13.5 Å². The summed E-state index contributed by atoms with van der Waals surface area (Å²) < 4.78 is 1.69. The molecule has 7 nitrogen and oxygen atoms in total. The Balaban J connectivity index is 1.61. The summed E-state index contributed by atoms with van der Waals surface area (Å²) in [4.78, 5) is 24.4. The van der Waals surface area contributed by atoms with E-state index in [1.165, 1.54) is 0 Å². The molecule has 1 heterocycles. The van der Waals surface area contributed by atoms with Gasteiger partial charge in [-0.15, -0.1) is 10.2 Å². The van der Waals surface area contributed by atoms with Crippen LogP contribution < -0.4 is 5.32 Å². The van der Waals surface area contributed by atoms with E-state index in [1.807, 2.05) is 61.5 Å². The number of nitrogens with one attached hydrogen (secondary N) is 1. The van der Waals surface area contributed by atoms with E-state index in [2.05, 4.69) is 15.5 Å². The minimum Gasteiger partial charge on any atom is -0.493 e. The number of hydrogen-bond donors (Lipinski definition) is 2. The quantitative estimate of drug-likeness (QED) is 0.366. The van der Waals surface area contributed by atoms with Gasteiger partial charge in [0.1, 0.15) is 0 Å². The highest BCUT2D eigenvalue weighted by molar-refractivity contribution is 6.40. The monoisotopic (exact) mass is 412 g/mol. The van der Waals surface area contributed by atoms with Crippen LogP contribution >= 0.6 is 0 Å². The van der Waals surface area contributed by atoms with Crippen LogP contribution in [0.4, 0.5) is 11.4 Å². The van der Waals surface area contributed by atoms with Crippen molar-refractivity contribution >= 4 is 34.1 Å². The molecule has 2 N–H and O–H groups in total. The Morgan fingerprint density at radius 1 is 0.935 bits per heavy atom. The molecule has 3 aromatic carbocycles. The summed E-state index contributed by atoms with van der Waals surface area (Å²) in [5.74, 6) is -2.07. The summed E-state index contributed by atoms with van der Waals surface area (Å²) in [5, 5.41) is 21.4. The molecule has 4 rings (SSSR count). The highest BCUT2D eigenvalue weighted by atomic mass is 16.3. The first-order valence-electron chi connectivity index (χ1n) is 9.71. The number of para-hydroxylation sites is 2. The van der Waals surface area contributed by atoms with E-state index in [4.69, 9.17) is 0 Å². The van der Waals surface area contributed by atoms with Crippen molar-refractivity contribution < 1.29 is 14.7 Å². The van der Waals surface area contributed by atoms with Gasteiger partial charge in [-0.3, -0.25) is 9.59 Å². The Bertz CT molecular complexity index is 1290. The molecule has 31 heavy (non-hydrogen) atoms. The predicted octanol–water partition coefficient (Wildman–Crippen LogP) is 4.95. The molecule has 0 aliphatic rings. The zero-order chi connectivity index (χ0) is 21.8. The summed E-state index contributed by atoms with van der Waals surface area (Å²) in [6.45, 7) is 2.24. The van der Waals surface area contributed by atoms with Gasteiger partial charge in [-0.2, -0.15) is 0 Å². The van der Waals surface area contributed by atoms with Crippen LogP contribution in [0.1, 0.15) is 11.1 Å². The predicted molar refractivity (Wildman–Crippen MR) is 118 cm³/mol. The molecule has 0 unspecified atom stereocenters. The Morgan fingerprint density at radius 3 is 2.39 bits per heavy atom. The lowest BCUT2D eigenvalue weighted by atomic mass is 10.2. The van der Waals surface area contributed by atoms with Crippen molar-refractivity contribution in [3.05, 3.63) is 90.0 Å². The molecule has 4 aromatic rings. The van der Waals surface area contributed by atoms with E-state index < -0.39 is 11.8 Å². The standard InChI is InChI=1S/C24H20N4O3/c1-16-9-5-7-13-19(16)25-22(29)23(30)27-26-21-18-12-6-8-14-20(18)28(24(21)31)15-17-10-3-2-4-11-17/h2-14,31H,15H2,1H3,(H,25,29). The van der Waals surface area contributed by atoms with E-state index >= 15 is 0 Å². The molecule has 0 bridgehead atoms. The summed E-state index contributed by atoms with van der Waals surface area (Å²) in [7, 11) is 0. The van der Waals surface area contributed by atoms with Crippen molar-refractivity contribution in [1.29, 1.82) is 0 Å². The highest BCUT2D eigenvalue weighted by Crippen LogP contribution is 2.39. The molecule has 2 amide bonds. The van der Waals surface area contributed by atoms with Crippen LogP contribution in [0, 0.1) is 6.92 Å². The van der Waals surface area contributed by atoms with Crippen LogP contribution in [0.2, 0.25) is 0 Å². The largest absolute Gasteiger partial charge is 0.493 e. The van der Waals surface area contributed by atoms with Crippen molar-refractivity contribution in [3.63, 3.8) is 0 Å². The molecule has 154 valence electrons. The van der Waals surface area contributed by atoms with Gasteiger partial charge >= 0.3 is 11.8 Å². The van der Waals surface area contributed by atoms with Gasteiger partial charge in [-0.25, -0.2) is 0 Å². The fourth-order valence-corrected chi connectivity index (χ4v) is 3.33. The average molecular weight is 412 g/mol. The molecule has 0 fully saturated rings. The Labute approximate surface area is 178 Å². The summed E-state index contributed by atoms with van der Waals surface area (Å²) in [6.07, 6.45) is 0. The number of nitrogens with zero attached hydrogens (tertiary/aromatic N) is 3. The number of rotatable bonds is 4. The zero-order valence-electron chi connectivity index (χ0n) is 16.8. The molecule has 0 saturated carbocycles. The fraction of sp³-hybridized carbons (Fsp3) is 0.0833. The van der Waals surface area contributed by atoms with Crippen molar-refractivity contribution in [2.75, 3.05) is 5.32 Å². The van der Waals surface area contributed by atoms with Gasteiger partial charge < -0.3 is 15.0 Å². The maximum absolute atomic E-state index is 12.2. The molecule has 0 saturated heterocycles. The number of anilines is 1. The number of carbonyl (C=O) groups is 2. The van der Waals surface area contributed by atoms with Crippen LogP contribution in [-0.4, -0.2) is 21.5 Å². The second-order valence-electron chi connectivity index (χ2n) is 7.04. The minimum atomic E-state index is -1.05. The number of hydrogen-bond acceptors (Lipinski definition) is 4. The van der Waals surface area contributed by atoms with E-state index in [-0.39, 0.29) is 11.6 Å². The van der Waals surface area contributed by atoms with Crippen LogP contribution in [0.5, 0.6) is 5.88 Å². The van der Waals surface area contributed by atoms with Gasteiger partial charge in [0.15, 0.2) is 5.69 Å². The third-order valence-corrected chi connectivity index (χ3v) is 4.93. The third-order valence-electron chi connectivity index (χ3n) is 4.93. The van der Waals surface area contributed by atoms with E-state index in [0.29, 0.717) is 17.6 Å². The Kier molecular flexibility index (Phi) is 5.57. The van der Waals surface area contributed by atoms with Gasteiger partial charge in [-0.1, -0.05) is 66.7 Å². The van der Waals surface area contributed by atoms with E-state index in [1.54, 1.807) is 28.8 Å². The second-order valence-corrected chi connectivity index (χ2v) is 7.04. The van der Waals surface area contributed by atoms with Crippen molar-refractivity contribution in [1.82, 2.24) is 4.57 Å². The third kappa shape index (κ3) is 4.20. The molecule has 0 radical (unpaired) electrons. The number of azo groups is 1. The first-order chi connectivity index (χ1) is 15.0. The Hall–Kier alpha value is -4.26. The lowest BCUT2D eigenvalue weighted by molar-refractivity contribution is -0.134. The fourth-order valence-electron chi connectivity index (χ4n) is 3.33. The number of aryl methyl sites for hydroxylation is 1. The molecule has 0 aliphatic heterocycles. The molecule has 0 spiro atoms. The molecule has 7 heteroatoms. The van der Waals surface area contributed by atoms with Crippen molar-refractivity contribution in [3.8, 4) is 5.88 Å². The van der Waals surface area contributed by atoms with Crippen LogP contribution in [-0.2, 0) is 16.1 Å².